The Balaban J connectivity index is 2.22. The van der Waals surface area contributed by atoms with Crippen molar-refractivity contribution in [2.45, 2.75) is 60.0 Å². The molecule has 0 aliphatic heterocycles. The number of hydrogen-bond donors (Lipinski definition) is 0. The van der Waals surface area contributed by atoms with Crippen molar-refractivity contribution in [3.05, 3.63) is 35.9 Å². The normalized spacial score (nSPS) is 15.8. The molecule has 0 fully saturated rings. The smallest absolute Gasteiger partial charge is 0.149 e. The van der Waals surface area contributed by atoms with Gasteiger partial charge in [-0.05, 0) is 42.6 Å². The minimum Gasteiger partial charge on any atom is -0.376 e. The van der Waals surface area contributed by atoms with Crippen molar-refractivity contribution in [3.8, 4) is 6.07 Å². The Kier molecular flexibility index (Phi) is 10.1. The summed E-state index contributed by atoms with van der Waals surface area (Å²) < 4.78 is 5.83. The van der Waals surface area contributed by atoms with E-state index < -0.39 is 0 Å². The maximum atomic E-state index is 11.7. The van der Waals surface area contributed by atoms with Gasteiger partial charge in [-0.25, -0.2) is 0 Å². The van der Waals surface area contributed by atoms with Crippen molar-refractivity contribution >= 4 is 5.78 Å². The molecule has 25 heavy (non-hydrogen) atoms. The fourth-order valence-corrected chi connectivity index (χ4v) is 3.57. The van der Waals surface area contributed by atoms with Crippen LogP contribution in [0.2, 0.25) is 0 Å². The lowest BCUT2D eigenvalue weighted by Crippen LogP contribution is -2.16. The molecule has 138 valence electrons. The Morgan fingerprint density at radius 1 is 1.00 bits per heavy atom. The predicted octanol–water partition coefficient (Wildman–Crippen LogP) is 5.40. The van der Waals surface area contributed by atoms with Crippen LogP contribution in [0.4, 0.5) is 0 Å². The van der Waals surface area contributed by atoms with Crippen LogP contribution in [0.15, 0.2) is 30.3 Å². The molecule has 3 nitrogen and oxygen atoms in total. The fraction of sp³-hybridized carbons (Fsp3) is 0.636. The molecule has 0 unspecified atom stereocenters. The molecule has 0 bridgehead atoms. The van der Waals surface area contributed by atoms with Gasteiger partial charge in [-0.3, -0.25) is 4.79 Å². The van der Waals surface area contributed by atoms with Gasteiger partial charge in [-0.2, -0.15) is 5.26 Å². The predicted molar refractivity (Wildman–Crippen MR) is 102 cm³/mol. The summed E-state index contributed by atoms with van der Waals surface area (Å²) >= 11 is 0. The molecule has 0 N–H and O–H groups in total. The minimum atomic E-state index is -0.00604. The summed E-state index contributed by atoms with van der Waals surface area (Å²) in [7, 11) is 0. The third-order valence-electron chi connectivity index (χ3n) is 4.68. The van der Waals surface area contributed by atoms with Crippen LogP contribution in [0.5, 0.6) is 0 Å². The number of benzene rings is 1. The van der Waals surface area contributed by atoms with Gasteiger partial charge in [0, 0.05) is 12.5 Å². The molecule has 3 heteroatoms. The molecule has 4 atom stereocenters. The van der Waals surface area contributed by atoms with E-state index in [4.69, 9.17) is 10.00 Å². The van der Waals surface area contributed by atoms with Crippen LogP contribution in [-0.2, 0) is 16.1 Å². The van der Waals surface area contributed by atoms with Crippen LogP contribution in [0.1, 0.15) is 58.9 Å². The molecule has 1 aromatic carbocycles. The van der Waals surface area contributed by atoms with Crippen LogP contribution in [-0.4, -0.2) is 12.4 Å². The Morgan fingerprint density at radius 3 is 2.24 bits per heavy atom. The van der Waals surface area contributed by atoms with E-state index in [-0.39, 0.29) is 18.1 Å². The molecule has 0 aliphatic carbocycles. The number of ketones is 1. The number of nitrogens with zero attached hydrogens (tertiary/aromatic N) is 1. The van der Waals surface area contributed by atoms with Crippen molar-refractivity contribution in [3.63, 3.8) is 0 Å². The van der Waals surface area contributed by atoms with Gasteiger partial charge < -0.3 is 4.74 Å². The van der Waals surface area contributed by atoms with Gasteiger partial charge in [0.2, 0.25) is 0 Å². The number of hydrogen-bond acceptors (Lipinski definition) is 3. The van der Waals surface area contributed by atoms with E-state index in [1.54, 1.807) is 0 Å². The molecule has 0 aliphatic rings. The summed E-state index contributed by atoms with van der Waals surface area (Å²) in [5.74, 6) is 1.72. The molecule has 0 heterocycles. The number of Topliss-reactive ketones (excluding diaryl/α,β-unsaturated/α-hetero) is 1. The molecule has 1 aromatic rings. The third-order valence-corrected chi connectivity index (χ3v) is 4.68. The quantitative estimate of drug-likeness (QED) is 0.510. The third kappa shape index (κ3) is 9.41. The van der Waals surface area contributed by atoms with Gasteiger partial charge in [-0.15, -0.1) is 0 Å². The van der Waals surface area contributed by atoms with Crippen molar-refractivity contribution < 1.29 is 9.53 Å². The Morgan fingerprint density at radius 2 is 1.60 bits per heavy atom. The van der Waals surface area contributed by atoms with Crippen molar-refractivity contribution in [1.82, 2.24) is 0 Å². The average Bonchev–Trinajstić information content (AvgIpc) is 2.55. The highest BCUT2D eigenvalue weighted by molar-refractivity contribution is 5.82. The van der Waals surface area contributed by atoms with Gasteiger partial charge >= 0.3 is 0 Å². The van der Waals surface area contributed by atoms with Gasteiger partial charge in [0.05, 0.1) is 19.1 Å². The van der Waals surface area contributed by atoms with Crippen LogP contribution in [0.25, 0.3) is 0 Å². The number of rotatable bonds is 12. The zero-order valence-corrected chi connectivity index (χ0v) is 16.2. The standard InChI is InChI=1S/C22H33NO2/c1-17(12-18(2)14-20(4)22(24)10-11-23)13-19(3)15-25-16-21-8-6-5-7-9-21/h5-9,17-20H,10,12-16H2,1-4H3/t17-,18+,19-,20-/m0/s1. The lowest BCUT2D eigenvalue weighted by Gasteiger charge is -2.22. The summed E-state index contributed by atoms with van der Waals surface area (Å²) in [5, 5.41) is 8.63. The van der Waals surface area contributed by atoms with E-state index >= 15 is 0 Å². The highest BCUT2D eigenvalue weighted by Gasteiger charge is 2.18. The molecule has 0 saturated carbocycles. The molecule has 1 rings (SSSR count). The van der Waals surface area contributed by atoms with E-state index in [0.717, 1.165) is 25.9 Å². The van der Waals surface area contributed by atoms with Gasteiger partial charge in [-0.1, -0.05) is 58.0 Å². The Bertz CT molecular complexity index is 535. The molecule has 0 radical (unpaired) electrons. The number of ether oxygens (including phenoxy) is 1. The molecule has 0 spiro atoms. The van der Waals surface area contributed by atoms with E-state index in [1.807, 2.05) is 31.2 Å². The van der Waals surface area contributed by atoms with Crippen LogP contribution in [0.3, 0.4) is 0 Å². The van der Waals surface area contributed by atoms with Crippen molar-refractivity contribution in [1.29, 1.82) is 5.26 Å². The molecular formula is C22H33NO2. The van der Waals surface area contributed by atoms with Crippen LogP contribution >= 0.6 is 0 Å². The van der Waals surface area contributed by atoms with Gasteiger partial charge in [0.15, 0.2) is 0 Å². The summed E-state index contributed by atoms with van der Waals surface area (Å²) in [6.07, 6.45) is 3.18. The molecule has 0 amide bonds. The van der Waals surface area contributed by atoms with E-state index in [9.17, 15) is 4.79 Å². The fourth-order valence-electron chi connectivity index (χ4n) is 3.57. The lowest BCUT2D eigenvalue weighted by atomic mass is 9.84. The summed E-state index contributed by atoms with van der Waals surface area (Å²) in [4.78, 5) is 11.7. The second-order valence-electron chi connectivity index (χ2n) is 7.73. The first kappa shape index (κ1) is 21.4. The monoisotopic (exact) mass is 343 g/mol. The maximum Gasteiger partial charge on any atom is 0.149 e. The SMILES string of the molecule is C[C@H](C[C@H](C)COCc1ccccc1)C[C@@H](C)C[C@H](C)C(=O)CC#N. The van der Waals surface area contributed by atoms with Gasteiger partial charge in [0.1, 0.15) is 5.78 Å². The Hall–Kier alpha value is -1.66. The molecule has 0 aromatic heterocycles. The number of carbonyl (C=O) groups excluding carboxylic acids is 1. The van der Waals surface area contributed by atoms with Crippen LogP contribution < -0.4 is 0 Å². The maximum absolute atomic E-state index is 11.7. The summed E-state index contributed by atoms with van der Waals surface area (Å²) in [6, 6.07) is 12.2. The lowest BCUT2D eigenvalue weighted by molar-refractivity contribution is -0.121. The first-order valence-corrected chi connectivity index (χ1v) is 9.43. The Labute approximate surface area is 153 Å². The van der Waals surface area contributed by atoms with E-state index in [1.165, 1.54) is 5.56 Å². The summed E-state index contributed by atoms with van der Waals surface area (Å²) in [5.41, 5.74) is 1.22. The topological polar surface area (TPSA) is 50.1 Å². The van der Waals surface area contributed by atoms with E-state index in [0.29, 0.717) is 24.4 Å². The zero-order chi connectivity index (χ0) is 18.7. The second-order valence-corrected chi connectivity index (χ2v) is 7.73. The van der Waals surface area contributed by atoms with Crippen molar-refractivity contribution in [2.24, 2.45) is 23.7 Å². The zero-order valence-electron chi connectivity index (χ0n) is 16.2. The van der Waals surface area contributed by atoms with E-state index in [2.05, 4.69) is 32.9 Å². The summed E-state index contributed by atoms with van der Waals surface area (Å²) in [6.45, 7) is 10.1. The first-order chi connectivity index (χ1) is 11.9. The van der Waals surface area contributed by atoms with Crippen LogP contribution in [0, 0.1) is 35.0 Å². The molecule has 0 saturated heterocycles. The first-order valence-electron chi connectivity index (χ1n) is 9.43. The number of nitriles is 1. The molecular weight excluding hydrogens is 310 g/mol. The highest BCUT2D eigenvalue weighted by atomic mass is 16.5. The van der Waals surface area contributed by atoms with Gasteiger partial charge in [0.25, 0.3) is 0 Å². The average molecular weight is 344 g/mol. The largest absolute Gasteiger partial charge is 0.376 e. The minimum absolute atomic E-state index is 0.00604. The van der Waals surface area contributed by atoms with Crippen molar-refractivity contribution in [2.75, 3.05) is 6.61 Å². The number of carbonyl (C=O) groups is 1. The highest BCUT2D eigenvalue weighted by Crippen LogP contribution is 2.25. The second kappa shape index (κ2) is 11.8.